The molecule has 3 aliphatic rings. The quantitative estimate of drug-likeness (QED) is 0.499. The summed E-state index contributed by atoms with van der Waals surface area (Å²) in [5, 5.41) is 11.2. The summed E-state index contributed by atoms with van der Waals surface area (Å²) in [4.78, 5) is 32.4. The van der Waals surface area contributed by atoms with Crippen LogP contribution >= 0.6 is 11.6 Å². The maximum Gasteiger partial charge on any atom is 0.415 e. The molecule has 3 fully saturated rings. The highest BCUT2D eigenvalue weighted by molar-refractivity contribution is 6.30. The fourth-order valence-corrected chi connectivity index (χ4v) is 6.41. The van der Waals surface area contributed by atoms with E-state index in [9.17, 15) is 23.5 Å². The molecule has 40 heavy (non-hydrogen) atoms. The maximum atomic E-state index is 13.7. The highest BCUT2D eigenvalue weighted by Gasteiger charge is 2.44. The van der Waals surface area contributed by atoms with Gasteiger partial charge < -0.3 is 19.6 Å². The topological polar surface area (TPSA) is 73.3 Å². The molecule has 0 aromatic heterocycles. The number of aliphatic hydroxyl groups excluding tert-OH is 1. The molecule has 5 rings (SSSR count). The van der Waals surface area contributed by atoms with Crippen LogP contribution in [0.4, 0.5) is 13.6 Å². The summed E-state index contributed by atoms with van der Waals surface area (Å²) in [7, 11) is 0. The van der Waals surface area contributed by atoms with Crippen LogP contribution in [0.1, 0.15) is 44.1 Å². The number of rotatable bonds is 7. The van der Waals surface area contributed by atoms with E-state index in [1.807, 2.05) is 28.9 Å². The number of likely N-dealkylation sites (tertiary alicyclic amines) is 2. The Hall–Kier alpha value is -2.75. The van der Waals surface area contributed by atoms with Crippen molar-refractivity contribution in [1.82, 2.24) is 14.7 Å². The van der Waals surface area contributed by atoms with Gasteiger partial charge in [-0.2, -0.15) is 0 Å². The summed E-state index contributed by atoms with van der Waals surface area (Å²) in [6.07, 6.45) is 0.0281. The molecule has 2 aromatic rings. The third-order valence-electron chi connectivity index (χ3n) is 8.68. The van der Waals surface area contributed by atoms with Gasteiger partial charge in [-0.15, -0.1) is 0 Å². The summed E-state index contributed by atoms with van der Waals surface area (Å²) in [6, 6.07) is 12.4. The highest BCUT2D eigenvalue weighted by atomic mass is 35.5. The number of carbonyl (C=O) groups is 2. The van der Waals surface area contributed by atoms with E-state index in [0.29, 0.717) is 63.4 Å². The van der Waals surface area contributed by atoms with Crippen LogP contribution in [0.15, 0.2) is 48.5 Å². The van der Waals surface area contributed by atoms with Crippen molar-refractivity contribution in [2.45, 2.75) is 57.0 Å². The molecule has 216 valence electrons. The van der Waals surface area contributed by atoms with Gasteiger partial charge in [0.05, 0.1) is 6.04 Å². The largest absolute Gasteiger partial charge is 0.415 e. The molecule has 7 nitrogen and oxygen atoms in total. The first-order valence-corrected chi connectivity index (χ1v) is 14.5. The molecule has 2 amide bonds. The van der Waals surface area contributed by atoms with E-state index in [1.54, 1.807) is 17.0 Å². The number of hydrogen-bond donors (Lipinski definition) is 1. The lowest BCUT2D eigenvalue weighted by Gasteiger charge is -2.42. The van der Waals surface area contributed by atoms with Gasteiger partial charge in [0.2, 0.25) is 5.91 Å². The molecular formula is C30H36ClF2N3O4. The Bertz CT molecular complexity index is 1170. The van der Waals surface area contributed by atoms with Gasteiger partial charge in [0.25, 0.3) is 0 Å². The Balaban J connectivity index is 1.28. The van der Waals surface area contributed by atoms with E-state index in [1.165, 1.54) is 24.3 Å². The van der Waals surface area contributed by atoms with Crippen LogP contribution in [0, 0.1) is 17.7 Å². The van der Waals surface area contributed by atoms with Crippen molar-refractivity contribution >= 4 is 23.6 Å². The van der Waals surface area contributed by atoms with Gasteiger partial charge in [-0.05, 0) is 74.6 Å². The molecule has 0 bridgehead atoms. The van der Waals surface area contributed by atoms with Gasteiger partial charge in [0.15, 0.2) is 0 Å². The lowest BCUT2D eigenvalue weighted by Crippen LogP contribution is -2.51. The van der Waals surface area contributed by atoms with Gasteiger partial charge in [-0.25, -0.2) is 13.6 Å². The summed E-state index contributed by atoms with van der Waals surface area (Å²) in [6.45, 7) is 4.23. The Kier molecular flexibility index (Phi) is 8.92. The van der Waals surface area contributed by atoms with E-state index in [-0.39, 0.29) is 35.5 Å². The molecular weight excluding hydrogens is 540 g/mol. The zero-order chi connectivity index (χ0) is 28.4. The lowest BCUT2D eigenvalue weighted by molar-refractivity contribution is -0.139. The molecule has 0 radical (unpaired) electrons. The number of nitrogens with zero attached hydrogens (tertiary/aromatic N) is 3. The first-order valence-electron chi connectivity index (χ1n) is 14.1. The summed E-state index contributed by atoms with van der Waals surface area (Å²) in [5.74, 6) is -0.475. The molecule has 2 aliphatic heterocycles. The average molecular weight is 576 g/mol. The zero-order valence-corrected chi connectivity index (χ0v) is 23.4. The summed E-state index contributed by atoms with van der Waals surface area (Å²) in [5.41, 5.74) is 0.974. The van der Waals surface area contributed by atoms with Crippen molar-refractivity contribution in [1.29, 1.82) is 0 Å². The Morgan fingerprint density at radius 3 is 2.33 bits per heavy atom. The lowest BCUT2D eigenvalue weighted by atomic mass is 9.81. The monoisotopic (exact) mass is 575 g/mol. The minimum absolute atomic E-state index is 0.0311. The van der Waals surface area contributed by atoms with Crippen LogP contribution in [-0.2, 0) is 4.79 Å². The number of piperidine rings is 1. The molecule has 0 spiro atoms. The standard InChI is InChI=1S/C30H36ClF2N3O4/c1-2-36(30(39)40-25-9-7-23(32)8-10-25)27-18-35(17-26(27)19-3-5-22(31)6-4-19)28(37)20-11-13-34(14-12-20)29(38)21-15-24(33)16-21/h3-10,20-21,24,26-27,29,38H,2,11-18H2,1H3/t21?,24?,26-,27+,29?/m0/s1. The number of carbonyl (C=O) groups excluding carboxylic acids is 2. The van der Waals surface area contributed by atoms with E-state index in [2.05, 4.69) is 0 Å². The van der Waals surface area contributed by atoms with E-state index < -0.39 is 24.3 Å². The predicted octanol–water partition coefficient (Wildman–Crippen LogP) is 5.07. The van der Waals surface area contributed by atoms with Crippen LogP contribution in [-0.4, -0.2) is 83.0 Å². The number of halogens is 3. The maximum absolute atomic E-state index is 13.7. The van der Waals surface area contributed by atoms with Crippen molar-refractivity contribution < 1.29 is 28.2 Å². The van der Waals surface area contributed by atoms with Crippen LogP contribution < -0.4 is 4.74 Å². The van der Waals surface area contributed by atoms with Crippen LogP contribution in [0.2, 0.25) is 5.02 Å². The fraction of sp³-hybridized carbons (Fsp3) is 0.533. The first kappa shape index (κ1) is 28.8. The van der Waals surface area contributed by atoms with Crippen molar-refractivity contribution in [2.75, 3.05) is 32.7 Å². The average Bonchev–Trinajstić information content (AvgIpc) is 3.37. The van der Waals surface area contributed by atoms with Crippen molar-refractivity contribution in [3.63, 3.8) is 0 Å². The second-order valence-corrected chi connectivity index (χ2v) is 11.6. The second-order valence-electron chi connectivity index (χ2n) is 11.1. The van der Waals surface area contributed by atoms with Gasteiger partial charge in [-0.3, -0.25) is 9.69 Å². The number of benzene rings is 2. The smallest absolute Gasteiger partial charge is 0.410 e. The molecule has 10 heteroatoms. The number of hydrogen-bond acceptors (Lipinski definition) is 5. The second kappa shape index (κ2) is 12.4. The van der Waals surface area contributed by atoms with Gasteiger partial charge in [-0.1, -0.05) is 23.7 Å². The first-order chi connectivity index (χ1) is 19.2. The number of likely N-dealkylation sites (N-methyl/N-ethyl adjacent to an activating group) is 1. The van der Waals surface area contributed by atoms with E-state index in [4.69, 9.17) is 16.3 Å². The number of ether oxygens (including phenoxy) is 1. The summed E-state index contributed by atoms with van der Waals surface area (Å²) < 4.78 is 32.2. The number of amides is 2. The third-order valence-corrected chi connectivity index (χ3v) is 8.94. The van der Waals surface area contributed by atoms with Crippen LogP contribution in [0.3, 0.4) is 0 Å². The number of aliphatic hydroxyl groups is 1. The van der Waals surface area contributed by atoms with Crippen molar-refractivity contribution in [3.8, 4) is 5.75 Å². The minimum atomic E-state index is -0.814. The van der Waals surface area contributed by atoms with Crippen LogP contribution in [0.5, 0.6) is 5.75 Å². The van der Waals surface area contributed by atoms with E-state index in [0.717, 1.165) is 5.56 Å². The Morgan fingerprint density at radius 2 is 1.73 bits per heavy atom. The molecule has 3 atom stereocenters. The minimum Gasteiger partial charge on any atom is -0.410 e. The van der Waals surface area contributed by atoms with E-state index >= 15 is 0 Å². The van der Waals surface area contributed by atoms with Gasteiger partial charge in [0, 0.05) is 55.5 Å². The summed E-state index contributed by atoms with van der Waals surface area (Å²) >= 11 is 6.13. The number of alkyl halides is 1. The van der Waals surface area contributed by atoms with Crippen molar-refractivity contribution in [2.24, 2.45) is 11.8 Å². The zero-order valence-electron chi connectivity index (χ0n) is 22.6. The molecule has 2 saturated heterocycles. The highest BCUT2D eigenvalue weighted by Crippen LogP contribution is 2.37. The Morgan fingerprint density at radius 1 is 1.07 bits per heavy atom. The molecule has 1 N–H and O–H groups in total. The normalized spacial score (nSPS) is 26.3. The SMILES string of the molecule is CCN(C(=O)Oc1ccc(F)cc1)[C@@H]1CN(C(=O)C2CCN(C(O)C3CC(F)C3)CC2)C[C@H]1c1ccc(Cl)cc1. The fourth-order valence-electron chi connectivity index (χ4n) is 6.28. The molecule has 1 aliphatic carbocycles. The third kappa shape index (κ3) is 6.26. The molecule has 2 heterocycles. The van der Waals surface area contributed by atoms with Crippen molar-refractivity contribution in [3.05, 3.63) is 64.9 Å². The van der Waals surface area contributed by atoms with Gasteiger partial charge in [0.1, 0.15) is 24.0 Å². The Labute approximate surface area is 238 Å². The molecule has 1 saturated carbocycles. The molecule has 2 aromatic carbocycles. The molecule has 1 unspecified atom stereocenters. The van der Waals surface area contributed by atoms with Gasteiger partial charge >= 0.3 is 6.09 Å². The predicted molar refractivity (Wildman–Crippen MR) is 147 cm³/mol. The van der Waals surface area contributed by atoms with Crippen LogP contribution in [0.25, 0.3) is 0 Å².